The second-order valence-electron chi connectivity index (χ2n) is 6.62. The SMILES string of the molecule is COc1ccc2nc(C(F)(F)F)n(C(C(=O)c3ncc[nH]3)N3CCNCC3)c2c1. The number of ether oxygens (including phenoxy) is 1. The molecule has 1 fully saturated rings. The maximum absolute atomic E-state index is 13.9. The smallest absolute Gasteiger partial charge is 0.449 e. The molecule has 4 rings (SSSR count). The van der Waals surface area contributed by atoms with Crippen LogP contribution in [0.1, 0.15) is 22.6 Å². The molecule has 1 unspecified atom stereocenters. The highest BCUT2D eigenvalue weighted by atomic mass is 19.4. The Morgan fingerprint density at radius 1 is 1.28 bits per heavy atom. The molecule has 0 aliphatic carbocycles. The number of halogens is 3. The highest BCUT2D eigenvalue weighted by molar-refractivity contribution is 5.96. The maximum Gasteiger partial charge on any atom is 0.449 e. The average molecular weight is 408 g/mol. The van der Waals surface area contributed by atoms with Gasteiger partial charge in [0, 0.05) is 44.6 Å². The Kier molecular flexibility index (Phi) is 5.01. The Bertz CT molecular complexity index is 1010. The fourth-order valence-electron chi connectivity index (χ4n) is 3.54. The van der Waals surface area contributed by atoms with Crippen LogP contribution in [0.4, 0.5) is 13.2 Å². The number of fused-ring (bicyclic) bond motifs is 1. The lowest BCUT2D eigenvalue weighted by Crippen LogP contribution is -2.49. The Labute approximate surface area is 163 Å². The summed E-state index contributed by atoms with van der Waals surface area (Å²) in [6.07, 6.45) is -3.15. The summed E-state index contributed by atoms with van der Waals surface area (Å²) in [6.45, 7) is 1.91. The molecule has 8 nitrogen and oxygen atoms in total. The molecule has 11 heteroatoms. The molecule has 0 bridgehead atoms. The van der Waals surface area contributed by atoms with Gasteiger partial charge in [0.1, 0.15) is 5.75 Å². The van der Waals surface area contributed by atoms with E-state index in [-0.39, 0.29) is 16.9 Å². The van der Waals surface area contributed by atoms with Crippen molar-refractivity contribution in [3.63, 3.8) is 0 Å². The summed E-state index contributed by atoms with van der Waals surface area (Å²) >= 11 is 0. The van der Waals surface area contributed by atoms with Crippen LogP contribution in [-0.4, -0.2) is 63.5 Å². The summed E-state index contributed by atoms with van der Waals surface area (Å²) < 4.78 is 47.9. The summed E-state index contributed by atoms with van der Waals surface area (Å²) in [5.41, 5.74) is 0.297. The summed E-state index contributed by atoms with van der Waals surface area (Å²) in [4.78, 5) is 25.4. The number of Topliss-reactive ketones (excluding diaryl/α,β-unsaturated/α-hetero) is 1. The molecule has 0 saturated carbocycles. The van der Waals surface area contributed by atoms with Crippen molar-refractivity contribution < 1.29 is 22.7 Å². The summed E-state index contributed by atoms with van der Waals surface area (Å²) in [5.74, 6) is -1.34. The first-order valence-corrected chi connectivity index (χ1v) is 9.01. The zero-order valence-electron chi connectivity index (χ0n) is 15.5. The van der Waals surface area contributed by atoms with E-state index in [0.717, 1.165) is 4.57 Å². The number of carbonyl (C=O) groups is 1. The number of nitrogens with one attached hydrogen (secondary N) is 2. The standard InChI is InChI=1S/C18H19F3N6O2/c1-29-11-2-3-12-13(10-11)27(17(25-12)18(19,20)21)16(26-8-6-22-7-9-26)14(28)15-23-4-5-24-15/h2-5,10,16,22H,6-9H2,1H3,(H,23,24). The topological polar surface area (TPSA) is 88.1 Å². The van der Waals surface area contributed by atoms with Crippen LogP contribution in [0.5, 0.6) is 5.75 Å². The van der Waals surface area contributed by atoms with Gasteiger partial charge in [0.25, 0.3) is 0 Å². The van der Waals surface area contributed by atoms with E-state index in [1.807, 2.05) is 0 Å². The van der Waals surface area contributed by atoms with Gasteiger partial charge in [-0.25, -0.2) is 9.97 Å². The largest absolute Gasteiger partial charge is 0.497 e. The van der Waals surface area contributed by atoms with Gasteiger partial charge in [0.15, 0.2) is 12.0 Å². The van der Waals surface area contributed by atoms with Gasteiger partial charge in [0.2, 0.25) is 11.6 Å². The zero-order valence-corrected chi connectivity index (χ0v) is 15.5. The molecule has 29 heavy (non-hydrogen) atoms. The third kappa shape index (κ3) is 3.58. The number of rotatable bonds is 5. The lowest BCUT2D eigenvalue weighted by molar-refractivity contribution is -0.148. The third-order valence-corrected chi connectivity index (χ3v) is 4.86. The van der Waals surface area contributed by atoms with E-state index in [9.17, 15) is 18.0 Å². The molecule has 0 radical (unpaired) electrons. The highest BCUT2D eigenvalue weighted by Crippen LogP contribution is 2.36. The number of imidazole rings is 2. The van der Waals surface area contributed by atoms with Gasteiger partial charge in [-0.15, -0.1) is 0 Å². The van der Waals surface area contributed by atoms with Gasteiger partial charge in [-0.3, -0.25) is 14.3 Å². The molecule has 0 amide bonds. The number of alkyl halides is 3. The normalized spacial score (nSPS) is 16.8. The first-order valence-electron chi connectivity index (χ1n) is 9.01. The number of aromatic amines is 1. The predicted molar refractivity (Wildman–Crippen MR) is 97.7 cm³/mol. The molecule has 3 aromatic rings. The van der Waals surface area contributed by atoms with Gasteiger partial charge in [0.05, 0.1) is 18.1 Å². The van der Waals surface area contributed by atoms with E-state index >= 15 is 0 Å². The molecular weight excluding hydrogens is 389 g/mol. The van der Waals surface area contributed by atoms with Crippen molar-refractivity contribution in [2.45, 2.75) is 12.3 Å². The van der Waals surface area contributed by atoms with Crippen molar-refractivity contribution in [2.24, 2.45) is 0 Å². The first kappa shape index (κ1) is 19.4. The van der Waals surface area contributed by atoms with Gasteiger partial charge >= 0.3 is 6.18 Å². The molecule has 2 aromatic heterocycles. The van der Waals surface area contributed by atoms with E-state index in [0.29, 0.717) is 31.9 Å². The van der Waals surface area contributed by atoms with Crippen LogP contribution in [0.2, 0.25) is 0 Å². The fourth-order valence-corrected chi connectivity index (χ4v) is 3.54. The van der Waals surface area contributed by atoms with Gasteiger partial charge in [-0.2, -0.15) is 13.2 Å². The van der Waals surface area contributed by atoms with E-state index in [2.05, 4.69) is 20.3 Å². The molecule has 1 saturated heterocycles. The number of H-pyrrole nitrogens is 1. The molecule has 2 N–H and O–H groups in total. The van der Waals surface area contributed by atoms with Crippen LogP contribution in [0.15, 0.2) is 30.6 Å². The van der Waals surface area contributed by atoms with E-state index < -0.39 is 23.9 Å². The number of hydrogen-bond acceptors (Lipinski definition) is 6. The van der Waals surface area contributed by atoms with Gasteiger partial charge in [-0.1, -0.05) is 0 Å². The van der Waals surface area contributed by atoms with Gasteiger partial charge in [-0.05, 0) is 12.1 Å². The van der Waals surface area contributed by atoms with Crippen LogP contribution in [-0.2, 0) is 6.18 Å². The number of benzene rings is 1. The van der Waals surface area contributed by atoms with Crippen LogP contribution >= 0.6 is 0 Å². The number of aromatic nitrogens is 4. The van der Waals surface area contributed by atoms with Crippen LogP contribution in [0, 0.1) is 0 Å². The summed E-state index contributed by atoms with van der Waals surface area (Å²) in [5, 5.41) is 3.15. The van der Waals surface area contributed by atoms with E-state index in [1.54, 1.807) is 4.90 Å². The lowest BCUT2D eigenvalue weighted by Gasteiger charge is -2.35. The van der Waals surface area contributed by atoms with Crippen molar-refractivity contribution in [3.8, 4) is 5.75 Å². The Balaban J connectivity index is 1.96. The monoisotopic (exact) mass is 408 g/mol. The number of nitrogens with zero attached hydrogens (tertiary/aromatic N) is 4. The van der Waals surface area contributed by atoms with Crippen LogP contribution in [0.3, 0.4) is 0 Å². The number of piperazine rings is 1. The van der Waals surface area contributed by atoms with Crippen LogP contribution in [0.25, 0.3) is 11.0 Å². The number of hydrogen-bond donors (Lipinski definition) is 2. The zero-order chi connectivity index (χ0) is 20.6. The molecule has 3 heterocycles. The maximum atomic E-state index is 13.9. The van der Waals surface area contributed by atoms with Crippen molar-refractivity contribution in [3.05, 3.63) is 42.2 Å². The molecule has 1 aliphatic heterocycles. The fraction of sp³-hybridized carbons (Fsp3) is 0.389. The van der Waals surface area contributed by atoms with E-state index in [1.165, 1.54) is 37.7 Å². The Hall–Kier alpha value is -2.92. The molecule has 1 atom stereocenters. The molecule has 0 spiro atoms. The highest BCUT2D eigenvalue weighted by Gasteiger charge is 2.43. The molecule has 1 aromatic carbocycles. The Morgan fingerprint density at radius 2 is 2.03 bits per heavy atom. The minimum Gasteiger partial charge on any atom is -0.497 e. The number of carbonyl (C=O) groups excluding carboxylic acids is 1. The predicted octanol–water partition coefficient (Wildman–Crippen LogP) is 2.07. The van der Waals surface area contributed by atoms with Gasteiger partial charge < -0.3 is 15.0 Å². The average Bonchev–Trinajstić information content (AvgIpc) is 3.37. The minimum absolute atomic E-state index is 0.00796. The van der Waals surface area contributed by atoms with Crippen molar-refractivity contribution >= 4 is 16.8 Å². The summed E-state index contributed by atoms with van der Waals surface area (Å²) in [7, 11) is 1.42. The van der Waals surface area contributed by atoms with Crippen molar-refractivity contribution in [2.75, 3.05) is 33.3 Å². The van der Waals surface area contributed by atoms with Crippen molar-refractivity contribution in [1.29, 1.82) is 0 Å². The molecular formula is C18H19F3N6O2. The first-order chi connectivity index (χ1) is 13.9. The van der Waals surface area contributed by atoms with Crippen molar-refractivity contribution in [1.82, 2.24) is 29.7 Å². The number of methoxy groups -OCH3 is 1. The lowest BCUT2D eigenvalue weighted by atomic mass is 10.2. The van der Waals surface area contributed by atoms with E-state index in [4.69, 9.17) is 4.74 Å². The van der Waals surface area contributed by atoms with Crippen LogP contribution < -0.4 is 10.1 Å². The quantitative estimate of drug-likeness (QED) is 0.629. The Morgan fingerprint density at radius 3 is 2.66 bits per heavy atom. The number of ketones is 1. The third-order valence-electron chi connectivity index (χ3n) is 4.86. The molecule has 1 aliphatic rings. The second kappa shape index (κ2) is 7.48. The molecule has 154 valence electrons. The second-order valence-corrected chi connectivity index (χ2v) is 6.62. The minimum atomic E-state index is -4.75. The summed E-state index contributed by atoms with van der Waals surface area (Å²) in [6, 6.07) is 4.45.